The van der Waals surface area contributed by atoms with E-state index >= 15 is 0 Å². The lowest BCUT2D eigenvalue weighted by Gasteiger charge is -2.44. The van der Waals surface area contributed by atoms with Gasteiger partial charge in [0.25, 0.3) is 6.71 Å². The van der Waals surface area contributed by atoms with Crippen LogP contribution in [0.5, 0.6) is 0 Å². The zero-order valence-corrected chi connectivity index (χ0v) is 50.9. The molecule has 0 amide bonds. The first kappa shape index (κ1) is 54.4. The van der Waals surface area contributed by atoms with E-state index in [-0.39, 0.29) is 6.71 Å². The van der Waals surface area contributed by atoms with Crippen LogP contribution < -0.4 is 26.2 Å². The number of para-hydroxylation sites is 4. The van der Waals surface area contributed by atoms with Crippen LogP contribution in [0.1, 0.15) is 0 Å². The summed E-state index contributed by atoms with van der Waals surface area (Å²) in [6.07, 6.45) is 0. The second kappa shape index (κ2) is 22.7. The number of nitrogens with zero attached hydrogens (tertiary/aromatic N) is 8. The summed E-state index contributed by atoms with van der Waals surface area (Å²) in [5, 5.41) is 2.29. The Labute approximate surface area is 544 Å². The fourth-order valence-corrected chi connectivity index (χ4v) is 14.1. The molecule has 0 fully saturated rings. The van der Waals surface area contributed by atoms with Gasteiger partial charge in [0.2, 0.25) is 0 Å². The molecule has 0 saturated heterocycles. The molecule has 8 nitrogen and oxygen atoms in total. The van der Waals surface area contributed by atoms with Crippen LogP contribution in [0.3, 0.4) is 0 Å². The van der Waals surface area contributed by atoms with Crippen molar-refractivity contribution in [3.63, 3.8) is 0 Å². The Kier molecular flexibility index (Phi) is 13.1. The molecule has 0 unspecified atom stereocenters. The smallest absolute Gasteiger partial charge is 0.252 e. The van der Waals surface area contributed by atoms with Crippen molar-refractivity contribution in [3.8, 4) is 96.0 Å². The number of fused-ring (bicyclic) bond motifs is 7. The van der Waals surface area contributed by atoms with Crippen molar-refractivity contribution in [2.45, 2.75) is 0 Å². The molecule has 0 bridgehead atoms. The van der Waals surface area contributed by atoms with Gasteiger partial charge in [0.15, 0.2) is 23.3 Å². The van der Waals surface area contributed by atoms with Gasteiger partial charge in [-0.3, -0.25) is 0 Å². The van der Waals surface area contributed by atoms with Gasteiger partial charge in [0.05, 0.1) is 28.1 Å². The highest BCUT2D eigenvalue weighted by Crippen LogP contribution is 2.45. The van der Waals surface area contributed by atoms with Gasteiger partial charge in [-0.2, -0.15) is 0 Å². The predicted octanol–water partition coefficient (Wildman–Crippen LogP) is 19.2. The van der Waals surface area contributed by atoms with Gasteiger partial charge < -0.3 is 14.4 Å². The predicted molar refractivity (Wildman–Crippen MR) is 387 cm³/mol. The Morgan fingerprint density at radius 3 is 1.24 bits per heavy atom. The zero-order chi connectivity index (χ0) is 62.1. The first-order chi connectivity index (χ1) is 46.6. The SMILES string of the molecule is c1ccc(-c2ccc3c(c2)c2ccccc2n3-c2ccc(-c3nc(-c4ccccc4)nc(-c4ccccc4)n3)cc2-c2nc(-c3ccccc3)cc(-c3ccc(-c4ccc(N5c6ccccc6B6c7ccccc7N(c7ccccc7)c7cccc5c76)cc4)cc3)n2)cc1. The molecule has 5 heterocycles. The van der Waals surface area contributed by atoms with E-state index in [1.807, 2.05) is 66.7 Å². The minimum absolute atomic E-state index is 0.0767. The summed E-state index contributed by atoms with van der Waals surface area (Å²) in [6.45, 7) is 0.0767. The molecule has 0 aliphatic carbocycles. The molecule has 2 aliphatic rings. The summed E-state index contributed by atoms with van der Waals surface area (Å²) in [7, 11) is 0. The van der Waals surface area contributed by atoms with Crippen molar-refractivity contribution >= 4 is 79.0 Å². The summed E-state index contributed by atoms with van der Waals surface area (Å²) in [4.78, 5) is 31.6. The molecule has 0 radical (unpaired) electrons. The second-order valence-electron chi connectivity index (χ2n) is 23.9. The number of hydrogen-bond acceptors (Lipinski definition) is 7. The van der Waals surface area contributed by atoms with Crippen LogP contribution in [0, 0.1) is 0 Å². The first-order valence-corrected chi connectivity index (χ1v) is 31.8. The normalized spacial score (nSPS) is 12.2. The van der Waals surface area contributed by atoms with Crippen LogP contribution in [0.15, 0.2) is 334 Å². The van der Waals surface area contributed by atoms with E-state index in [0.717, 1.165) is 106 Å². The molecule has 0 spiro atoms. The highest BCUT2D eigenvalue weighted by molar-refractivity contribution is 7.00. The van der Waals surface area contributed by atoms with Gasteiger partial charge in [-0.15, -0.1) is 0 Å². The van der Waals surface area contributed by atoms with Crippen LogP contribution in [0.2, 0.25) is 0 Å². The van der Waals surface area contributed by atoms with Gasteiger partial charge in [-0.25, -0.2) is 24.9 Å². The van der Waals surface area contributed by atoms with Gasteiger partial charge in [0, 0.05) is 78.3 Å². The molecule has 16 aromatic rings. The van der Waals surface area contributed by atoms with E-state index in [0.29, 0.717) is 23.3 Å². The molecule has 18 rings (SSSR count). The van der Waals surface area contributed by atoms with E-state index in [4.69, 9.17) is 24.9 Å². The standard InChI is InChI=1S/C85H55BN8/c1-6-23-56(24-7-1)63-47-51-75-68(53-63)67-33-16-19-36-74(67)94(75)76-52-48-64(84-90-82(61-27-10-3-11-28-61)89-83(91-84)62-29-12-4-13-30-62)54-69(76)85-87-72(59-25-8-2-9-26-59)55-73(88-85)60-43-41-57(42-44-60)58-45-49-66(50-46-58)93-78-38-21-18-35-71(78)86-70-34-17-20-37-77(70)92(65-31-14-5-15-32-65)79-39-22-40-80(93)81(79)86/h1-55H. The molecule has 438 valence electrons. The maximum atomic E-state index is 5.62. The lowest BCUT2D eigenvalue weighted by molar-refractivity contribution is 1.07. The molecule has 94 heavy (non-hydrogen) atoms. The average Bonchev–Trinajstić information content (AvgIpc) is 1.18. The molecule has 13 aromatic carbocycles. The van der Waals surface area contributed by atoms with E-state index in [1.165, 1.54) is 39.1 Å². The Morgan fingerprint density at radius 2 is 0.649 bits per heavy atom. The zero-order valence-electron chi connectivity index (χ0n) is 50.9. The van der Waals surface area contributed by atoms with Crippen LogP contribution in [0.25, 0.3) is 118 Å². The molecular formula is C85H55BN8. The third kappa shape index (κ3) is 9.36. The molecule has 3 aromatic heterocycles. The lowest BCUT2D eigenvalue weighted by Crippen LogP contribution is -2.61. The number of aromatic nitrogens is 6. The van der Waals surface area contributed by atoms with Crippen molar-refractivity contribution in [1.29, 1.82) is 0 Å². The van der Waals surface area contributed by atoms with Crippen molar-refractivity contribution in [2.24, 2.45) is 0 Å². The second-order valence-corrected chi connectivity index (χ2v) is 23.9. The van der Waals surface area contributed by atoms with Crippen molar-refractivity contribution in [2.75, 3.05) is 9.80 Å². The van der Waals surface area contributed by atoms with Crippen LogP contribution in [-0.2, 0) is 0 Å². The van der Waals surface area contributed by atoms with E-state index in [1.54, 1.807) is 0 Å². The van der Waals surface area contributed by atoms with Crippen molar-refractivity contribution < 1.29 is 0 Å². The number of rotatable bonds is 11. The third-order valence-electron chi connectivity index (χ3n) is 18.5. The highest BCUT2D eigenvalue weighted by atomic mass is 15.2. The molecule has 0 saturated carbocycles. The molecule has 9 heteroatoms. The van der Waals surface area contributed by atoms with Gasteiger partial charge in [-0.05, 0) is 130 Å². The Hall–Kier alpha value is -12.6. The molecular weight excluding hydrogens is 1140 g/mol. The Morgan fingerprint density at radius 1 is 0.234 bits per heavy atom. The average molecular weight is 1200 g/mol. The minimum atomic E-state index is 0.0767. The van der Waals surface area contributed by atoms with Crippen LogP contribution in [0.4, 0.5) is 34.1 Å². The van der Waals surface area contributed by atoms with E-state index in [9.17, 15) is 0 Å². The van der Waals surface area contributed by atoms with Gasteiger partial charge >= 0.3 is 0 Å². The Bertz CT molecular complexity index is 5490. The maximum Gasteiger partial charge on any atom is 0.252 e. The van der Waals surface area contributed by atoms with Crippen molar-refractivity contribution in [3.05, 3.63) is 334 Å². The lowest BCUT2D eigenvalue weighted by atomic mass is 9.33. The fourth-order valence-electron chi connectivity index (χ4n) is 14.1. The summed E-state index contributed by atoms with van der Waals surface area (Å²) in [5.74, 6) is 2.26. The van der Waals surface area contributed by atoms with Crippen LogP contribution in [-0.4, -0.2) is 36.2 Å². The topological polar surface area (TPSA) is 75.9 Å². The molecule has 2 aliphatic heterocycles. The molecule has 0 N–H and O–H groups in total. The summed E-state index contributed by atoms with van der Waals surface area (Å²) < 4.78 is 2.36. The number of hydrogen-bond donors (Lipinski definition) is 0. The fraction of sp³-hybridized carbons (Fsp3) is 0. The van der Waals surface area contributed by atoms with Gasteiger partial charge in [0.1, 0.15) is 0 Å². The number of benzene rings is 13. The number of anilines is 6. The summed E-state index contributed by atoms with van der Waals surface area (Å²) in [6, 6.07) is 118. The molecule has 0 atom stereocenters. The van der Waals surface area contributed by atoms with Gasteiger partial charge in [-0.1, -0.05) is 243 Å². The van der Waals surface area contributed by atoms with E-state index in [2.05, 4.69) is 281 Å². The third-order valence-corrected chi connectivity index (χ3v) is 18.5. The largest absolute Gasteiger partial charge is 0.311 e. The summed E-state index contributed by atoms with van der Waals surface area (Å²) >= 11 is 0. The highest BCUT2D eigenvalue weighted by Gasteiger charge is 2.43. The Balaban J connectivity index is 0.763. The van der Waals surface area contributed by atoms with E-state index < -0.39 is 0 Å². The summed E-state index contributed by atoms with van der Waals surface area (Å²) in [5.41, 5.74) is 25.4. The van der Waals surface area contributed by atoms with Crippen LogP contribution >= 0.6 is 0 Å². The maximum absolute atomic E-state index is 5.62. The first-order valence-electron chi connectivity index (χ1n) is 31.8. The van der Waals surface area contributed by atoms with Crippen molar-refractivity contribution in [1.82, 2.24) is 29.5 Å². The quantitative estimate of drug-likeness (QED) is 0.119. The monoisotopic (exact) mass is 1200 g/mol. The minimum Gasteiger partial charge on any atom is -0.311 e.